The van der Waals surface area contributed by atoms with Crippen molar-refractivity contribution in [3.05, 3.63) is 101 Å². The number of hydrogen-bond acceptors (Lipinski definition) is 32. The largest absolute Gasteiger partial charge is 0.462 e. The van der Waals surface area contributed by atoms with E-state index in [1.807, 2.05) is 0 Å². The molecule has 0 aromatic rings. The van der Waals surface area contributed by atoms with Crippen LogP contribution in [0.15, 0.2) is 101 Å². The van der Waals surface area contributed by atoms with Crippen molar-refractivity contribution in [2.75, 3.05) is 106 Å². The molecule has 0 saturated heterocycles. The zero-order valence-electron chi connectivity index (χ0n) is 54.9. The van der Waals surface area contributed by atoms with E-state index in [4.69, 9.17) is 75.8 Å². The van der Waals surface area contributed by atoms with Gasteiger partial charge in [0.05, 0.1) is 47.3 Å². The highest BCUT2D eigenvalue weighted by molar-refractivity contribution is 5.85. The lowest BCUT2D eigenvalue weighted by Crippen LogP contribution is -2.36. The molecule has 0 aliphatic heterocycles. The Kier molecular flexibility index (Phi) is 47.0. The van der Waals surface area contributed by atoms with Gasteiger partial charge in [0.1, 0.15) is 106 Å². The lowest BCUT2D eigenvalue weighted by atomic mass is 9.77. The summed E-state index contributed by atoms with van der Waals surface area (Å²) in [5.74, 6) is -29.0. The molecule has 0 N–H and O–H groups in total. The Hall–Kier alpha value is -10.6. The van der Waals surface area contributed by atoms with Crippen molar-refractivity contribution < 1.29 is 153 Å². The molecule has 0 aromatic heterocycles. The minimum Gasteiger partial charge on any atom is -0.462 e. The molecule has 8 unspecified atom stereocenters. The van der Waals surface area contributed by atoms with Crippen LogP contribution in [0.5, 0.6) is 0 Å². The predicted octanol–water partition coefficient (Wildman–Crippen LogP) is 3.26. The molecule has 32 heteroatoms. The zero-order chi connectivity index (χ0) is 73.8. The molecule has 0 aromatic carbocycles. The van der Waals surface area contributed by atoms with E-state index >= 15 is 0 Å². The van der Waals surface area contributed by atoms with Gasteiger partial charge in [-0.3, -0.25) is 38.4 Å². The van der Waals surface area contributed by atoms with Crippen LogP contribution in [-0.4, -0.2) is 201 Å². The van der Waals surface area contributed by atoms with E-state index in [2.05, 4.69) is 52.6 Å². The molecular weight excluding hydrogens is 1300 g/mol. The molecule has 8 atom stereocenters. The van der Waals surface area contributed by atoms with Gasteiger partial charge in [0.2, 0.25) is 0 Å². The van der Waals surface area contributed by atoms with Gasteiger partial charge < -0.3 is 75.8 Å². The third kappa shape index (κ3) is 40.0. The van der Waals surface area contributed by atoms with Crippen LogP contribution >= 0.6 is 0 Å². The van der Waals surface area contributed by atoms with Crippen LogP contribution in [0.3, 0.4) is 0 Å². The van der Waals surface area contributed by atoms with Gasteiger partial charge in [0.25, 0.3) is 0 Å². The van der Waals surface area contributed by atoms with Gasteiger partial charge in [-0.1, -0.05) is 66.5 Å². The lowest BCUT2D eigenvalue weighted by Gasteiger charge is -2.29. The fourth-order valence-corrected chi connectivity index (χ4v) is 8.46. The molecule has 0 saturated carbocycles. The van der Waals surface area contributed by atoms with Gasteiger partial charge >= 0.3 is 95.5 Å². The second-order valence-electron chi connectivity index (χ2n) is 20.2. The molecule has 0 bridgehead atoms. The fraction of sp³-hybridized carbons (Fsp3) is 0.515. The first kappa shape index (κ1) is 87.4. The van der Waals surface area contributed by atoms with Crippen LogP contribution in [0.25, 0.3) is 0 Å². The van der Waals surface area contributed by atoms with E-state index in [0.717, 1.165) is 48.6 Å². The van der Waals surface area contributed by atoms with Crippen LogP contribution < -0.4 is 0 Å². The van der Waals surface area contributed by atoms with Gasteiger partial charge in [-0.2, -0.15) is 0 Å². The minimum atomic E-state index is -1.81. The summed E-state index contributed by atoms with van der Waals surface area (Å²) in [5, 5.41) is 0. The topological polar surface area (TPSA) is 421 Å². The van der Waals surface area contributed by atoms with Crippen LogP contribution in [0.2, 0.25) is 0 Å². The van der Waals surface area contributed by atoms with Crippen molar-refractivity contribution in [1.29, 1.82) is 0 Å². The summed E-state index contributed by atoms with van der Waals surface area (Å²) in [7, 11) is 0. The Labute approximate surface area is 565 Å². The van der Waals surface area contributed by atoms with Gasteiger partial charge in [-0.05, 0) is 51.4 Å². The minimum absolute atomic E-state index is 0.0386. The Balaban J connectivity index is 8.60. The number of rotatable bonds is 55. The van der Waals surface area contributed by atoms with E-state index in [0.29, 0.717) is 0 Å². The van der Waals surface area contributed by atoms with Crippen molar-refractivity contribution in [3.63, 3.8) is 0 Å². The first-order valence-electron chi connectivity index (χ1n) is 30.4. The van der Waals surface area contributed by atoms with Crippen LogP contribution in [0, 0.1) is 47.3 Å². The van der Waals surface area contributed by atoms with E-state index in [1.165, 1.54) is 13.8 Å². The summed E-state index contributed by atoms with van der Waals surface area (Å²) in [6.07, 6.45) is 1.69. The second kappa shape index (κ2) is 52.7. The maximum absolute atomic E-state index is 14.8. The number of carbonyl (C=O) groups is 16. The first-order valence-corrected chi connectivity index (χ1v) is 30.4. The van der Waals surface area contributed by atoms with Crippen molar-refractivity contribution in [3.8, 4) is 0 Å². The smallest absolute Gasteiger partial charge is 0.330 e. The molecule has 32 nitrogen and oxygen atoms in total. The number of ether oxygens (including phenoxy) is 16. The lowest BCUT2D eigenvalue weighted by molar-refractivity contribution is -0.162. The maximum atomic E-state index is 14.8. The highest BCUT2D eigenvalue weighted by Gasteiger charge is 2.41. The third-order valence-corrected chi connectivity index (χ3v) is 13.2. The second-order valence-corrected chi connectivity index (χ2v) is 20.2. The molecular formula is C66H86O32. The SMILES string of the molecule is C=CC(=O)OCCOC(=O)C(C)CC(CC(CC(CC(CC(CC(CC(CC)C(=O)OCCOC(=O)C=C)C(=O)OCCOC(=O)C=C)C(=O)OCCOC(=O)C=C)C(=O)OCCOC(=O)C=C)C(=O)OCCOC(=O)C=C)C(=O)OCCOC(=O)C=C)C(=O)OCCOC(=O)C=C. The molecule has 542 valence electrons. The Morgan fingerprint density at radius 2 is 0.347 bits per heavy atom. The third-order valence-electron chi connectivity index (χ3n) is 13.2. The summed E-state index contributed by atoms with van der Waals surface area (Å²) in [4.78, 5) is 209. The van der Waals surface area contributed by atoms with Crippen molar-refractivity contribution in [2.45, 2.75) is 65.2 Å². The van der Waals surface area contributed by atoms with Crippen molar-refractivity contribution in [2.24, 2.45) is 47.3 Å². The molecule has 0 fully saturated rings. The summed E-state index contributed by atoms with van der Waals surface area (Å²) in [6.45, 7) is 20.1. The van der Waals surface area contributed by atoms with Crippen LogP contribution in [0.4, 0.5) is 0 Å². The molecule has 0 rings (SSSR count). The quantitative estimate of drug-likeness (QED) is 0.0365. The highest BCUT2D eigenvalue weighted by atomic mass is 16.6. The Morgan fingerprint density at radius 3 is 0.510 bits per heavy atom. The number of carbonyl (C=O) groups excluding carboxylic acids is 16. The maximum Gasteiger partial charge on any atom is 0.330 e. The van der Waals surface area contributed by atoms with E-state index < -0.39 is 294 Å². The summed E-state index contributed by atoms with van der Waals surface area (Å²) < 4.78 is 83.1. The Morgan fingerprint density at radius 1 is 0.214 bits per heavy atom. The van der Waals surface area contributed by atoms with Gasteiger partial charge in [-0.25, -0.2) is 38.4 Å². The van der Waals surface area contributed by atoms with E-state index in [9.17, 15) is 76.7 Å². The average molecular weight is 1390 g/mol. The number of esters is 16. The summed E-state index contributed by atoms with van der Waals surface area (Å²) >= 11 is 0. The monoisotopic (exact) mass is 1390 g/mol. The average Bonchev–Trinajstić information content (AvgIpc) is 0.852. The van der Waals surface area contributed by atoms with Crippen molar-refractivity contribution >= 4 is 95.5 Å². The highest BCUT2D eigenvalue weighted by Crippen LogP contribution is 2.35. The molecule has 0 aliphatic rings. The molecule has 0 radical (unpaired) electrons. The summed E-state index contributed by atoms with van der Waals surface area (Å²) in [5.41, 5.74) is 0. The molecule has 0 aliphatic carbocycles. The molecule has 0 heterocycles. The van der Waals surface area contributed by atoms with Gasteiger partial charge in [-0.15, -0.1) is 0 Å². The molecule has 0 spiro atoms. The van der Waals surface area contributed by atoms with E-state index in [1.54, 1.807) is 0 Å². The predicted molar refractivity (Wildman–Crippen MR) is 333 cm³/mol. The normalized spacial score (nSPS) is 12.8. The summed E-state index contributed by atoms with van der Waals surface area (Å²) in [6, 6.07) is 0. The number of hydrogen-bond donors (Lipinski definition) is 0. The molecule has 98 heavy (non-hydrogen) atoms. The van der Waals surface area contributed by atoms with Crippen LogP contribution in [-0.2, 0) is 153 Å². The zero-order valence-corrected chi connectivity index (χ0v) is 54.9. The molecule has 0 amide bonds. The Bertz CT molecular complexity index is 2780. The van der Waals surface area contributed by atoms with Crippen molar-refractivity contribution in [1.82, 2.24) is 0 Å². The van der Waals surface area contributed by atoms with Gasteiger partial charge in [0, 0.05) is 48.6 Å². The van der Waals surface area contributed by atoms with Gasteiger partial charge in [0.15, 0.2) is 0 Å². The fourth-order valence-electron chi connectivity index (χ4n) is 8.46. The standard InChI is InChI=1S/C66H86O32/c1-11-44(60(76)92-29-21-84-52(68)13-3)37-46(62(78)94-31-23-86-54(70)15-5)39-48(64(80)96-33-25-88-56(72)17-7)41-50(66(82)98-35-27-90-58(74)19-9)42-49(65(81)97-34-26-89-57(73)18-8)40-47(63(79)95-32-24-87-55(71)16-6)38-45(61(77)93-30-22-85-53(69)14-4)36-43(10)59(75)91-28-20-83-51(67)12-2/h12-19,43-50H,2-9,11,20-42H2,1,10H3. The first-order chi connectivity index (χ1) is 46.8. The van der Waals surface area contributed by atoms with E-state index in [-0.39, 0.29) is 6.42 Å². The van der Waals surface area contributed by atoms with Crippen LogP contribution in [0.1, 0.15) is 65.2 Å².